The molecule has 126 valence electrons. The number of aryl methyl sites for hydroxylation is 1. The Bertz CT molecular complexity index is 618. The summed E-state index contributed by atoms with van der Waals surface area (Å²) in [6.45, 7) is 11.5. The molecule has 0 bridgehead atoms. The number of hydrogen-bond acceptors (Lipinski definition) is 3. The lowest BCUT2D eigenvalue weighted by molar-refractivity contribution is -0.139. The molecule has 6 nitrogen and oxygen atoms in total. The second-order valence-electron chi connectivity index (χ2n) is 6.89. The molecule has 1 aliphatic rings. The zero-order chi connectivity index (χ0) is 17.2. The highest BCUT2D eigenvalue weighted by atomic mass is 16.2. The van der Waals surface area contributed by atoms with Gasteiger partial charge in [0.2, 0.25) is 11.8 Å². The lowest BCUT2D eigenvalue weighted by Gasteiger charge is -2.31. The third-order valence-electron chi connectivity index (χ3n) is 4.32. The van der Waals surface area contributed by atoms with Crippen LogP contribution in [0, 0.1) is 5.41 Å². The predicted octanol–water partition coefficient (Wildman–Crippen LogP) is 1.37. The van der Waals surface area contributed by atoms with Gasteiger partial charge in [0.1, 0.15) is 6.54 Å². The first-order chi connectivity index (χ1) is 10.8. The van der Waals surface area contributed by atoms with Crippen LogP contribution in [0.2, 0.25) is 0 Å². The van der Waals surface area contributed by atoms with Crippen molar-refractivity contribution in [2.75, 3.05) is 19.6 Å². The van der Waals surface area contributed by atoms with Crippen LogP contribution in [0.15, 0.2) is 18.9 Å². The van der Waals surface area contributed by atoms with Gasteiger partial charge in [-0.2, -0.15) is 5.10 Å². The molecule has 0 radical (unpaired) electrons. The molecule has 0 atom stereocenters. The fourth-order valence-corrected chi connectivity index (χ4v) is 3.07. The first-order valence-electron chi connectivity index (χ1n) is 7.96. The number of aromatic nitrogens is 2. The third-order valence-corrected chi connectivity index (χ3v) is 4.32. The van der Waals surface area contributed by atoms with Crippen molar-refractivity contribution in [3.8, 4) is 0 Å². The summed E-state index contributed by atoms with van der Waals surface area (Å²) in [6.07, 6.45) is 3.97. The molecular formula is C17H26N4O2. The highest BCUT2D eigenvalue weighted by Gasteiger charge is 2.32. The molecule has 2 heterocycles. The van der Waals surface area contributed by atoms with Crippen LogP contribution in [-0.4, -0.2) is 51.0 Å². The molecule has 1 aromatic rings. The van der Waals surface area contributed by atoms with Crippen LogP contribution >= 0.6 is 0 Å². The van der Waals surface area contributed by atoms with Gasteiger partial charge in [-0.1, -0.05) is 20.4 Å². The number of amides is 2. The first kappa shape index (κ1) is 17.2. The molecule has 1 aliphatic heterocycles. The van der Waals surface area contributed by atoms with Gasteiger partial charge in [-0.3, -0.25) is 14.3 Å². The molecule has 0 aliphatic carbocycles. The van der Waals surface area contributed by atoms with Gasteiger partial charge in [0.05, 0.1) is 6.20 Å². The topological polar surface area (TPSA) is 58.4 Å². The van der Waals surface area contributed by atoms with Crippen molar-refractivity contribution in [2.24, 2.45) is 12.5 Å². The van der Waals surface area contributed by atoms with Crippen LogP contribution in [0.3, 0.4) is 0 Å². The van der Waals surface area contributed by atoms with Gasteiger partial charge >= 0.3 is 0 Å². The molecule has 0 N–H and O–H groups in total. The van der Waals surface area contributed by atoms with Gasteiger partial charge in [-0.25, -0.2) is 0 Å². The normalized spacial score (nSPS) is 16.4. The Balaban J connectivity index is 2.20. The van der Waals surface area contributed by atoms with Crippen LogP contribution in [0.25, 0.3) is 0 Å². The minimum atomic E-state index is -0.211. The second kappa shape index (κ2) is 6.56. The summed E-state index contributed by atoms with van der Waals surface area (Å²) in [5, 5.41) is 4.32. The SMILES string of the molecule is C=CC(=O)N(CC)CC(=O)N1Cc2cnn(C)c2CC(C)(C)C1. The average molecular weight is 318 g/mol. The Morgan fingerprint density at radius 3 is 2.78 bits per heavy atom. The van der Waals surface area contributed by atoms with Crippen molar-refractivity contribution in [2.45, 2.75) is 33.7 Å². The summed E-state index contributed by atoms with van der Waals surface area (Å²) in [7, 11) is 1.94. The maximum Gasteiger partial charge on any atom is 0.246 e. The Morgan fingerprint density at radius 2 is 2.17 bits per heavy atom. The highest BCUT2D eigenvalue weighted by molar-refractivity contribution is 5.90. The van der Waals surface area contributed by atoms with Crippen molar-refractivity contribution in [1.29, 1.82) is 0 Å². The third kappa shape index (κ3) is 3.81. The largest absolute Gasteiger partial charge is 0.336 e. The Kier molecular flexibility index (Phi) is 4.92. The monoisotopic (exact) mass is 318 g/mol. The van der Waals surface area contributed by atoms with Gasteiger partial charge in [-0.15, -0.1) is 0 Å². The summed E-state index contributed by atoms with van der Waals surface area (Å²) < 4.78 is 1.89. The molecule has 0 saturated heterocycles. The van der Waals surface area contributed by atoms with E-state index in [0.29, 0.717) is 19.6 Å². The lowest BCUT2D eigenvalue weighted by atomic mass is 9.87. The summed E-state index contributed by atoms with van der Waals surface area (Å²) in [6, 6.07) is 0. The quantitative estimate of drug-likeness (QED) is 0.788. The highest BCUT2D eigenvalue weighted by Crippen LogP contribution is 2.29. The number of carbonyl (C=O) groups excluding carboxylic acids is 2. The maximum atomic E-state index is 12.7. The molecule has 6 heteroatoms. The van der Waals surface area contributed by atoms with Gasteiger partial charge in [0, 0.05) is 37.9 Å². The predicted molar refractivity (Wildman–Crippen MR) is 88.6 cm³/mol. The van der Waals surface area contributed by atoms with Gasteiger partial charge < -0.3 is 9.80 Å². The molecule has 1 aromatic heterocycles. The average Bonchev–Trinajstić information content (AvgIpc) is 2.75. The van der Waals surface area contributed by atoms with E-state index in [4.69, 9.17) is 0 Å². The zero-order valence-electron chi connectivity index (χ0n) is 14.5. The van der Waals surface area contributed by atoms with Crippen LogP contribution in [0.5, 0.6) is 0 Å². The minimum absolute atomic E-state index is 0.0335. The molecule has 0 saturated carbocycles. The smallest absolute Gasteiger partial charge is 0.246 e. The molecule has 0 unspecified atom stereocenters. The number of hydrogen-bond donors (Lipinski definition) is 0. The molecule has 0 fully saturated rings. The number of likely N-dealkylation sites (N-methyl/N-ethyl adjacent to an activating group) is 1. The molecule has 0 spiro atoms. The van der Waals surface area contributed by atoms with E-state index in [1.54, 1.807) is 0 Å². The number of carbonyl (C=O) groups is 2. The Hall–Kier alpha value is -2.11. The van der Waals surface area contributed by atoms with Crippen LogP contribution in [0.4, 0.5) is 0 Å². The van der Waals surface area contributed by atoms with E-state index in [0.717, 1.165) is 12.0 Å². The fraction of sp³-hybridized carbons (Fsp3) is 0.588. The molecule has 2 rings (SSSR count). The zero-order valence-corrected chi connectivity index (χ0v) is 14.5. The Morgan fingerprint density at radius 1 is 1.48 bits per heavy atom. The first-order valence-corrected chi connectivity index (χ1v) is 7.96. The fourth-order valence-electron chi connectivity index (χ4n) is 3.07. The van der Waals surface area contributed by atoms with Crippen molar-refractivity contribution < 1.29 is 9.59 Å². The second-order valence-corrected chi connectivity index (χ2v) is 6.89. The standard InChI is InChI=1S/C17H26N4O2/c1-6-15(22)20(7-2)11-16(23)21-10-13-9-18-19(5)14(13)8-17(3,4)12-21/h6,9H,1,7-8,10-12H2,2-5H3. The van der Waals surface area contributed by atoms with Gasteiger partial charge in [0.25, 0.3) is 0 Å². The summed E-state index contributed by atoms with van der Waals surface area (Å²) >= 11 is 0. The number of rotatable bonds is 4. The van der Waals surface area contributed by atoms with Gasteiger partial charge in [-0.05, 0) is 24.8 Å². The van der Waals surface area contributed by atoms with E-state index >= 15 is 0 Å². The Labute approximate surface area is 137 Å². The van der Waals surface area contributed by atoms with E-state index in [2.05, 4.69) is 25.5 Å². The van der Waals surface area contributed by atoms with Crippen molar-refractivity contribution in [1.82, 2.24) is 19.6 Å². The van der Waals surface area contributed by atoms with Crippen LogP contribution in [0.1, 0.15) is 32.0 Å². The van der Waals surface area contributed by atoms with E-state index in [-0.39, 0.29) is 23.8 Å². The summed E-state index contributed by atoms with van der Waals surface area (Å²) in [4.78, 5) is 27.8. The number of nitrogens with zero attached hydrogens (tertiary/aromatic N) is 4. The van der Waals surface area contributed by atoms with E-state index in [1.165, 1.54) is 16.7 Å². The van der Waals surface area contributed by atoms with E-state index in [1.807, 2.05) is 29.7 Å². The van der Waals surface area contributed by atoms with Gasteiger partial charge in [0.15, 0.2) is 0 Å². The molecular weight excluding hydrogens is 292 g/mol. The van der Waals surface area contributed by atoms with Crippen molar-refractivity contribution in [3.05, 3.63) is 30.1 Å². The minimum Gasteiger partial charge on any atom is -0.336 e. The number of fused-ring (bicyclic) bond motifs is 1. The summed E-state index contributed by atoms with van der Waals surface area (Å²) in [5.74, 6) is -0.246. The lowest BCUT2D eigenvalue weighted by Crippen LogP contribution is -2.44. The van der Waals surface area contributed by atoms with Crippen molar-refractivity contribution in [3.63, 3.8) is 0 Å². The van der Waals surface area contributed by atoms with Crippen molar-refractivity contribution >= 4 is 11.8 Å². The molecule has 2 amide bonds. The van der Waals surface area contributed by atoms with E-state index in [9.17, 15) is 9.59 Å². The maximum absolute atomic E-state index is 12.7. The summed E-state index contributed by atoms with van der Waals surface area (Å²) in [5.41, 5.74) is 2.23. The van der Waals surface area contributed by atoms with Crippen LogP contribution < -0.4 is 0 Å². The molecule has 23 heavy (non-hydrogen) atoms. The van der Waals surface area contributed by atoms with E-state index < -0.39 is 0 Å². The molecule has 0 aromatic carbocycles. The van der Waals surface area contributed by atoms with Crippen LogP contribution in [-0.2, 0) is 29.6 Å².